The molecule has 0 radical (unpaired) electrons. The van der Waals surface area contributed by atoms with Crippen LogP contribution in [-0.4, -0.2) is 35.1 Å². The zero-order valence-corrected chi connectivity index (χ0v) is 12.4. The SMILES string of the molecule is CC(C)CCN(CCC(C)C)C(C(=O)O)C1CC1. The highest BCUT2D eigenvalue weighted by atomic mass is 16.4. The molecule has 1 unspecified atom stereocenters. The van der Waals surface area contributed by atoms with Gasteiger partial charge in [-0.05, 0) is 56.5 Å². The standard InChI is InChI=1S/C15H29NO2/c1-11(2)7-9-16(10-8-12(3)4)14(15(17)18)13-5-6-13/h11-14H,5-10H2,1-4H3,(H,17,18). The number of nitrogens with zero attached hydrogens (tertiary/aromatic N) is 1. The maximum absolute atomic E-state index is 11.5. The van der Waals surface area contributed by atoms with Gasteiger partial charge in [-0.2, -0.15) is 0 Å². The van der Waals surface area contributed by atoms with E-state index in [2.05, 4.69) is 32.6 Å². The predicted molar refractivity (Wildman–Crippen MR) is 74.6 cm³/mol. The quantitative estimate of drug-likeness (QED) is 0.687. The summed E-state index contributed by atoms with van der Waals surface area (Å²) in [5.41, 5.74) is 0. The maximum Gasteiger partial charge on any atom is 0.321 e. The lowest BCUT2D eigenvalue weighted by molar-refractivity contribution is -0.144. The molecule has 1 aliphatic carbocycles. The third kappa shape index (κ3) is 5.38. The van der Waals surface area contributed by atoms with Crippen LogP contribution in [0.5, 0.6) is 0 Å². The molecule has 1 saturated carbocycles. The van der Waals surface area contributed by atoms with E-state index < -0.39 is 5.97 Å². The van der Waals surface area contributed by atoms with Crippen LogP contribution in [0.3, 0.4) is 0 Å². The maximum atomic E-state index is 11.5. The lowest BCUT2D eigenvalue weighted by Crippen LogP contribution is -2.44. The van der Waals surface area contributed by atoms with Crippen LogP contribution in [0, 0.1) is 17.8 Å². The molecular formula is C15H29NO2. The molecule has 106 valence electrons. The van der Waals surface area contributed by atoms with Crippen molar-refractivity contribution in [2.45, 2.75) is 59.4 Å². The Hall–Kier alpha value is -0.570. The fourth-order valence-electron chi connectivity index (χ4n) is 2.31. The third-order valence-corrected chi connectivity index (χ3v) is 3.70. The first-order valence-corrected chi connectivity index (χ1v) is 7.38. The lowest BCUT2D eigenvalue weighted by Gasteiger charge is -2.30. The normalized spacial score (nSPS) is 17.7. The molecule has 1 N–H and O–H groups in total. The van der Waals surface area contributed by atoms with Gasteiger partial charge in [-0.3, -0.25) is 9.69 Å². The number of carbonyl (C=O) groups is 1. The van der Waals surface area contributed by atoms with Crippen molar-refractivity contribution in [2.75, 3.05) is 13.1 Å². The van der Waals surface area contributed by atoms with Crippen LogP contribution in [0.4, 0.5) is 0 Å². The van der Waals surface area contributed by atoms with Gasteiger partial charge in [-0.15, -0.1) is 0 Å². The van der Waals surface area contributed by atoms with E-state index in [0.29, 0.717) is 17.8 Å². The first kappa shape index (κ1) is 15.5. The molecule has 0 saturated heterocycles. The lowest BCUT2D eigenvalue weighted by atomic mass is 10.0. The fourth-order valence-corrected chi connectivity index (χ4v) is 2.31. The molecule has 3 heteroatoms. The average Bonchev–Trinajstić information content (AvgIpc) is 3.04. The zero-order chi connectivity index (χ0) is 13.7. The Kier molecular flexibility index (Phi) is 6.13. The minimum absolute atomic E-state index is 0.234. The molecular weight excluding hydrogens is 226 g/mol. The number of aliphatic carboxylic acids is 1. The molecule has 0 bridgehead atoms. The van der Waals surface area contributed by atoms with E-state index in [1.807, 2.05) is 0 Å². The summed E-state index contributed by atoms with van der Waals surface area (Å²) in [7, 11) is 0. The summed E-state index contributed by atoms with van der Waals surface area (Å²) in [6.07, 6.45) is 4.37. The van der Waals surface area contributed by atoms with E-state index in [0.717, 1.165) is 38.8 Å². The van der Waals surface area contributed by atoms with Gasteiger partial charge in [0.05, 0.1) is 0 Å². The molecule has 0 spiro atoms. The van der Waals surface area contributed by atoms with Crippen molar-refractivity contribution in [3.8, 4) is 0 Å². The van der Waals surface area contributed by atoms with Crippen LogP contribution >= 0.6 is 0 Å². The summed E-state index contributed by atoms with van der Waals surface area (Å²) in [6.45, 7) is 10.7. The monoisotopic (exact) mass is 255 g/mol. The van der Waals surface area contributed by atoms with Crippen molar-refractivity contribution >= 4 is 5.97 Å². The molecule has 0 aromatic rings. The van der Waals surface area contributed by atoms with Gasteiger partial charge in [-0.1, -0.05) is 27.7 Å². The minimum atomic E-state index is -0.620. The van der Waals surface area contributed by atoms with Crippen molar-refractivity contribution in [1.29, 1.82) is 0 Å². The second-order valence-corrected chi connectivity index (χ2v) is 6.52. The fraction of sp³-hybridized carbons (Fsp3) is 0.933. The Bertz CT molecular complexity index is 247. The molecule has 1 atom stereocenters. The van der Waals surface area contributed by atoms with Gasteiger partial charge in [0.25, 0.3) is 0 Å². The molecule has 1 fully saturated rings. The summed E-state index contributed by atoms with van der Waals surface area (Å²) in [5, 5.41) is 9.44. The van der Waals surface area contributed by atoms with Crippen LogP contribution in [0.1, 0.15) is 53.4 Å². The summed E-state index contributed by atoms with van der Waals surface area (Å²) in [6, 6.07) is -0.234. The average molecular weight is 255 g/mol. The van der Waals surface area contributed by atoms with E-state index in [-0.39, 0.29) is 6.04 Å². The van der Waals surface area contributed by atoms with Crippen molar-refractivity contribution in [3.05, 3.63) is 0 Å². The highest BCUT2D eigenvalue weighted by molar-refractivity contribution is 5.74. The van der Waals surface area contributed by atoms with E-state index in [4.69, 9.17) is 0 Å². The Labute approximate surface area is 112 Å². The number of rotatable bonds is 9. The minimum Gasteiger partial charge on any atom is -0.480 e. The van der Waals surface area contributed by atoms with Crippen molar-refractivity contribution in [2.24, 2.45) is 17.8 Å². The number of hydrogen-bond acceptors (Lipinski definition) is 2. The van der Waals surface area contributed by atoms with E-state index in [9.17, 15) is 9.90 Å². The predicted octanol–water partition coefficient (Wildman–Crippen LogP) is 3.24. The molecule has 1 rings (SSSR count). The highest BCUT2D eigenvalue weighted by Crippen LogP contribution is 2.36. The number of carboxylic acids is 1. The topological polar surface area (TPSA) is 40.5 Å². The summed E-state index contributed by atoms with van der Waals surface area (Å²) >= 11 is 0. The molecule has 3 nitrogen and oxygen atoms in total. The van der Waals surface area contributed by atoms with E-state index in [1.54, 1.807) is 0 Å². The largest absolute Gasteiger partial charge is 0.480 e. The van der Waals surface area contributed by atoms with Crippen LogP contribution in [0.2, 0.25) is 0 Å². The van der Waals surface area contributed by atoms with Crippen molar-refractivity contribution < 1.29 is 9.90 Å². The molecule has 0 aliphatic heterocycles. The van der Waals surface area contributed by atoms with Crippen LogP contribution in [0.25, 0.3) is 0 Å². The van der Waals surface area contributed by atoms with Gasteiger partial charge in [-0.25, -0.2) is 0 Å². The highest BCUT2D eigenvalue weighted by Gasteiger charge is 2.39. The number of carboxylic acid groups (broad SMARTS) is 1. The smallest absolute Gasteiger partial charge is 0.321 e. The van der Waals surface area contributed by atoms with Gasteiger partial charge >= 0.3 is 5.97 Å². The van der Waals surface area contributed by atoms with Gasteiger partial charge in [0.15, 0.2) is 0 Å². The number of hydrogen-bond donors (Lipinski definition) is 1. The van der Waals surface area contributed by atoms with Crippen LogP contribution < -0.4 is 0 Å². The summed E-state index contributed by atoms with van der Waals surface area (Å²) < 4.78 is 0. The molecule has 18 heavy (non-hydrogen) atoms. The van der Waals surface area contributed by atoms with Crippen LogP contribution in [0.15, 0.2) is 0 Å². The summed E-state index contributed by atoms with van der Waals surface area (Å²) in [5.74, 6) is 1.06. The van der Waals surface area contributed by atoms with Gasteiger partial charge < -0.3 is 5.11 Å². The second kappa shape index (κ2) is 7.13. The van der Waals surface area contributed by atoms with E-state index in [1.165, 1.54) is 0 Å². The van der Waals surface area contributed by atoms with Gasteiger partial charge in [0, 0.05) is 0 Å². The second-order valence-electron chi connectivity index (χ2n) is 6.52. The molecule has 1 aliphatic rings. The van der Waals surface area contributed by atoms with E-state index >= 15 is 0 Å². The molecule has 0 amide bonds. The molecule has 0 aromatic heterocycles. The third-order valence-electron chi connectivity index (χ3n) is 3.70. The van der Waals surface area contributed by atoms with Gasteiger partial charge in [0.1, 0.15) is 6.04 Å². The Morgan fingerprint density at radius 2 is 1.56 bits per heavy atom. The molecule has 0 heterocycles. The van der Waals surface area contributed by atoms with Crippen molar-refractivity contribution in [1.82, 2.24) is 4.90 Å². The Balaban J connectivity index is 2.57. The van der Waals surface area contributed by atoms with Crippen molar-refractivity contribution in [3.63, 3.8) is 0 Å². The Morgan fingerprint density at radius 1 is 1.11 bits per heavy atom. The van der Waals surface area contributed by atoms with Crippen LogP contribution in [-0.2, 0) is 4.79 Å². The van der Waals surface area contributed by atoms with Gasteiger partial charge in [0.2, 0.25) is 0 Å². The molecule has 0 aromatic carbocycles. The zero-order valence-electron chi connectivity index (χ0n) is 12.4. The first-order valence-electron chi connectivity index (χ1n) is 7.38. The first-order chi connectivity index (χ1) is 8.41. The Morgan fingerprint density at radius 3 is 1.83 bits per heavy atom. The summed E-state index contributed by atoms with van der Waals surface area (Å²) in [4.78, 5) is 13.7.